The van der Waals surface area contributed by atoms with Crippen molar-refractivity contribution in [3.63, 3.8) is 0 Å². The van der Waals surface area contributed by atoms with Crippen LogP contribution in [0.4, 0.5) is 0 Å². The zero-order chi connectivity index (χ0) is 14.8. The van der Waals surface area contributed by atoms with Crippen LogP contribution in [0.1, 0.15) is 38.2 Å². The van der Waals surface area contributed by atoms with E-state index in [9.17, 15) is 9.90 Å². The lowest BCUT2D eigenvalue weighted by molar-refractivity contribution is -0.146. The number of methoxy groups -OCH3 is 1. The molecule has 4 heteroatoms. The van der Waals surface area contributed by atoms with E-state index in [2.05, 4.69) is 11.7 Å². The Morgan fingerprint density at radius 1 is 1.30 bits per heavy atom. The van der Waals surface area contributed by atoms with Crippen molar-refractivity contribution in [3.8, 4) is 0 Å². The van der Waals surface area contributed by atoms with Gasteiger partial charge in [-0.25, -0.2) is 0 Å². The lowest BCUT2D eigenvalue weighted by Crippen LogP contribution is -2.31. The third kappa shape index (κ3) is 6.17. The number of aliphatic hydroxyl groups excluding tert-OH is 1. The highest BCUT2D eigenvalue weighted by Gasteiger charge is 2.22. The van der Waals surface area contributed by atoms with Crippen LogP contribution in [0.25, 0.3) is 0 Å². The Balaban J connectivity index is 2.52. The molecule has 0 heterocycles. The first kappa shape index (κ1) is 16.7. The highest BCUT2D eigenvalue weighted by molar-refractivity contribution is 5.69. The largest absolute Gasteiger partial charge is 0.469 e. The number of hydrogen-bond donors (Lipinski definition) is 1. The predicted octanol–water partition coefficient (Wildman–Crippen LogP) is 2.69. The predicted molar refractivity (Wildman–Crippen MR) is 77.2 cm³/mol. The van der Waals surface area contributed by atoms with Crippen molar-refractivity contribution in [1.82, 2.24) is 0 Å². The number of carbonyl (C=O) groups excluding carboxylic acids is 1. The summed E-state index contributed by atoms with van der Waals surface area (Å²) in [5.41, 5.74) is 1.05. The molecule has 0 aliphatic rings. The van der Waals surface area contributed by atoms with Crippen LogP contribution in [-0.2, 0) is 20.9 Å². The van der Waals surface area contributed by atoms with Crippen molar-refractivity contribution in [1.29, 1.82) is 0 Å². The van der Waals surface area contributed by atoms with Gasteiger partial charge in [-0.1, -0.05) is 50.1 Å². The number of aliphatic hydroxyl groups is 1. The first-order valence-electron chi connectivity index (χ1n) is 7.07. The fourth-order valence-electron chi connectivity index (χ4n) is 1.96. The zero-order valence-electron chi connectivity index (χ0n) is 12.2. The monoisotopic (exact) mass is 280 g/mol. The molecule has 0 saturated carbocycles. The van der Waals surface area contributed by atoms with Crippen molar-refractivity contribution in [2.45, 2.75) is 51.4 Å². The number of benzene rings is 1. The van der Waals surface area contributed by atoms with E-state index in [1.807, 2.05) is 30.3 Å². The van der Waals surface area contributed by atoms with E-state index >= 15 is 0 Å². The number of ether oxygens (including phenoxy) is 2. The molecule has 0 aliphatic heterocycles. The topological polar surface area (TPSA) is 55.8 Å². The summed E-state index contributed by atoms with van der Waals surface area (Å²) < 4.78 is 10.4. The van der Waals surface area contributed by atoms with Gasteiger partial charge in [-0.05, 0) is 12.0 Å². The maximum absolute atomic E-state index is 11.2. The van der Waals surface area contributed by atoms with Crippen LogP contribution in [0.2, 0.25) is 0 Å². The van der Waals surface area contributed by atoms with Gasteiger partial charge in [-0.3, -0.25) is 4.79 Å². The molecule has 2 atom stereocenters. The Morgan fingerprint density at radius 3 is 2.60 bits per heavy atom. The van der Waals surface area contributed by atoms with E-state index in [1.54, 1.807) is 0 Å². The lowest BCUT2D eigenvalue weighted by atomic mass is 10.0. The third-order valence-corrected chi connectivity index (χ3v) is 3.18. The van der Waals surface area contributed by atoms with Crippen molar-refractivity contribution in [2.24, 2.45) is 0 Å². The van der Waals surface area contributed by atoms with Gasteiger partial charge in [0.1, 0.15) is 0 Å². The Morgan fingerprint density at radius 2 is 2.00 bits per heavy atom. The van der Waals surface area contributed by atoms with Crippen LogP contribution in [-0.4, -0.2) is 30.4 Å². The molecule has 1 rings (SSSR count). The summed E-state index contributed by atoms with van der Waals surface area (Å²) >= 11 is 0. The Kier molecular flexibility index (Phi) is 7.92. The number of esters is 1. The fourth-order valence-corrected chi connectivity index (χ4v) is 1.96. The van der Waals surface area contributed by atoms with Gasteiger partial charge < -0.3 is 14.6 Å². The molecular formula is C16H24O4. The van der Waals surface area contributed by atoms with Crippen LogP contribution in [0.5, 0.6) is 0 Å². The molecule has 0 saturated heterocycles. The fraction of sp³-hybridized carbons (Fsp3) is 0.562. The van der Waals surface area contributed by atoms with E-state index in [1.165, 1.54) is 7.11 Å². The van der Waals surface area contributed by atoms with Gasteiger partial charge >= 0.3 is 5.97 Å². The standard InChI is InChI=1S/C16H24O4/c1-3-4-10-15(14(17)11-16(18)19-2)20-12-13-8-6-5-7-9-13/h5-9,14-15,17H,3-4,10-12H2,1-2H3/t14-,15-/m0/s1. The van der Waals surface area contributed by atoms with E-state index in [-0.39, 0.29) is 12.5 Å². The molecule has 0 bridgehead atoms. The van der Waals surface area contributed by atoms with Crippen LogP contribution in [0, 0.1) is 0 Å². The number of hydrogen-bond acceptors (Lipinski definition) is 4. The molecule has 0 fully saturated rings. The second kappa shape index (κ2) is 9.50. The lowest BCUT2D eigenvalue weighted by Gasteiger charge is -2.22. The van der Waals surface area contributed by atoms with Gasteiger partial charge in [0.25, 0.3) is 0 Å². The number of carbonyl (C=O) groups is 1. The van der Waals surface area contributed by atoms with Gasteiger partial charge in [0.15, 0.2) is 0 Å². The summed E-state index contributed by atoms with van der Waals surface area (Å²) in [4.78, 5) is 11.2. The molecule has 20 heavy (non-hydrogen) atoms. The van der Waals surface area contributed by atoms with E-state index in [4.69, 9.17) is 4.74 Å². The van der Waals surface area contributed by atoms with Gasteiger partial charge in [0, 0.05) is 0 Å². The van der Waals surface area contributed by atoms with Crippen LogP contribution >= 0.6 is 0 Å². The molecule has 0 amide bonds. The van der Waals surface area contributed by atoms with Gasteiger partial charge in [-0.15, -0.1) is 0 Å². The third-order valence-electron chi connectivity index (χ3n) is 3.18. The van der Waals surface area contributed by atoms with Crippen molar-refractivity contribution < 1.29 is 19.4 Å². The summed E-state index contributed by atoms with van der Waals surface area (Å²) in [6, 6.07) is 9.80. The molecule has 1 aromatic rings. The molecule has 0 spiro atoms. The smallest absolute Gasteiger partial charge is 0.308 e. The molecule has 0 unspecified atom stereocenters. The second-order valence-corrected chi connectivity index (χ2v) is 4.82. The molecule has 4 nitrogen and oxygen atoms in total. The summed E-state index contributed by atoms with van der Waals surface area (Å²) in [5.74, 6) is -0.415. The summed E-state index contributed by atoms with van der Waals surface area (Å²) in [7, 11) is 1.32. The Bertz CT molecular complexity index is 377. The van der Waals surface area contributed by atoms with Crippen molar-refractivity contribution in [3.05, 3.63) is 35.9 Å². The average molecular weight is 280 g/mol. The average Bonchev–Trinajstić information content (AvgIpc) is 2.48. The molecule has 1 N–H and O–H groups in total. The van der Waals surface area contributed by atoms with Gasteiger partial charge in [0.2, 0.25) is 0 Å². The first-order valence-corrected chi connectivity index (χ1v) is 7.07. The maximum atomic E-state index is 11.2. The quantitative estimate of drug-likeness (QED) is 0.707. The van der Waals surface area contributed by atoms with E-state index in [0.29, 0.717) is 6.61 Å². The highest BCUT2D eigenvalue weighted by Crippen LogP contribution is 2.15. The molecule has 112 valence electrons. The summed E-state index contributed by atoms with van der Waals surface area (Å²) in [5, 5.41) is 10.1. The highest BCUT2D eigenvalue weighted by atomic mass is 16.5. The van der Waals surface area contributed by atoms with E-state index < -0.39 is 12.1 Å². The first-order chi connectivity index (χ1) is 9.67. The van der Waals surface area contributed by atoms with Crippen molar-refractivity contribution >= 4 is 5.97 Å². The SMILES string of the molecule is CCCC[C@H](OCc1ccccc1)[C@@H](O)CC(=O)OC. The molecule has 0 radical (unpaired) electrons. The molecule has 1 aromatic carbocycles. The minimum absolute atomic E-state index is 0.0281. The maximum Gasteiger partial charge on any atom is 0.308 e. The van der Waals surface area contributed by atoms with Crippen molar-refractivity contribution in [2.75, 3.05) is 7.11 Å². The molecule has 0 aliphatic carbocycles. The minimum atomic E-state index is -0.822. The Hall–Kier alpha value is -1.39. The normalized spacial score (nSPS) is 13.8. The summed E-state index contributed by atoms with van der Waals surface area (Å²) in [6.45, 7) is 2.52. The number of unbranched alkanes of at least 4 members (excludes halogenated alkanes) is 1. The van der Waals surface area contributed by atoms with Gasteiger partial charge in [-0.2, -0.15) is 0 Å². The number of rotatable bonds is 9. The van der Waals surface area contributed by atoms with Crippen LogP contribution < -0.4 is 0 Å². The van der Waals surface area contributed by atoms with E-state index in [0.717, 1.165) is 24.8 Å². The second-order valence-electron chi connectivity index (χ2n) is 4.82. The van der Waals surface area contributed by atoms with Crippen LogP contribution in [0.3, 0.4) is 0 Å². The Labute approximate surface area is 120 Å². The zero-order valence-corrected chi connectivity index (χ0v) is 12.2. The minimum Gasteiger partial charge on any atom is -0.469 e. The summed E-state index contributed by atoms with van der Waals surface area (Å²) in [6.07, 6.45) is 1.53. The molecule has 0 aromatic heterocycles. The van der Waals surface area contributed by atoms with Crippen LogP contribution in [0.15, 0.2) is 30.3 Å². The van der Waals surface area contributed by atoms with Gasteiger partial charge in [0.05, 0.1) is 32.3 Å². The molecular weight excluding hydrogens is 256 g/mol.